The Bertz CT molecular complexity index is 1240. The third-order valence-electron chi connectivity index (χ3n) is 8.05. The number of thiocarbonyl (C=S) groups is 1. The summed E-state index contributed by atoms with van der Waals surface area (Å²) in [4.78, 5) is 41.9. The van der Waals surface area contributed by atoms with E-state index in [4.69, 9.17) is 17.3 Å². The van der Waals surface area contributed by atoms with E-state index < -0.39 is 5.97 Å². The number of rotatable bonds is 15. The molecule has 0 bridgehead atoms. The first-order chi connectivity index (χ1) is 19.7. The van der Waals surface area contributed by atoms with E-state index in [9.17, 15) is 19.6 Å². The molecule has 0 aliphatic carbocycles. The Morgan fingerprint density at radius 3 is 2.27 bits per heavy atom. The number of carboxylic acids is 1. The van der Waals surface area contributed by atoms with E-state index in [2.05, 4.69) is 17.9 Å². The number of anilines is 1. The summed E-state index contributed by atoms with van der Waals surface area (Å²) in [6.07, 6.45) is 12.9. The molecule has 0 atom stereocenters. The van der Waals surface area contributed by atoms with Gasteiger partial charge in [0.15, 0.2) is 0 Å². The number of thioether (sulfide) groups is 1. The topological polar surface area (TPSA) is 107 Å². The van der Waals surface area contributed by atoms with Gasteiger partial charge in [-0.3, -0.25) is 23.9 Å². The number of nitriles is 1. The van der Waals surface area contributed by atoms with E-state index in [-0.39, 0.29) is 23.5 Å². The number of piperidine rings is 1. The fourth-order valence-electron chi connectivity index (χ4n) is 5.57. The van der Waals surface area contributed by atoms with Crippen molar-refractivity contribution in [1.82, 2.24) is 9.47 Å². The van der Waals surface area contributed by atoms with Gasteiger partial charge < -0.3 is 10.0 Å². The number of hydrogen-bond donors (Lipinski definition) is 1. The van der Waals surface area contributed by atoms with E-state index in [0.717, 1.165) is 95.1 Å². The first kappa shape index (κ1) is 32.9. The van der Waals surface area contributed by atoms with Gasteiger partial charge in [0.1, 0.15) is 21.8 Å². The molecule has 10 heteroatoms. The van der Waals surface area contributed by atoms with Gasteiger partial charge >= 0.3 is 5.97 Å². The zero-order valence-corrected chi connectivity index (χ0v) is 26.4. The molecule has 1 aromatic rings. The molecule has 41 heavy (non-hydrogen) atoms. The fraction of sp³-hybridized carbons (Fsp3) is 0.645. The molecule has 8 nitrogen and oxygen atoms in total. The summed E-state index contributed by atoms with van der Waals surface area (Å²) in [6.45, 7) is 8.84. The van der Waals surface area contributed by atoms with Gasteiger partial charge in [0.25, 0.3) is 11.5 Å². The molecule has 2 fully saturated rings. The van der Waals surface area contributed by atoms with Gasteiger partial charge in [0.05, 0.1) is 4.91 Å². The Labute approximate surface area is 253 Å². The predicted octanol–water partition coefficient (Wildman–Crippen LogP) is 6.47. The van der Waals surface area contributed by atoms with Crippen LogP contribution in [0.1, 0.15) is 108 Å². The lowest BCUT2D eigenvalue weighted by molar-refractivity contribution is -0.137. The third kappa shape index (κ3) is 8.68. The first-order valence-corrected chi connectivity index (χ1v) is 16.3. The van der Waals surface area contributed by atoms with Crippen LogP contribution in [0.15, 0.2) is 9.70 Å². The second-order valence-electron chi connectivity index (χ2n) is 11.3. The van der Waals surface area contributed by atoms with Crippen LogP contribution >= 0.6 is 24.0 Å². The number of aliphatic carboxylic acids is 1. The highest BCUT2D eigenvalue weighted by atomic mass is 32.2. The summed E-state index contributed by atoms with van der Waals surface area (Å²) in [5, 5.41) is 18.6. The van der Waals surface area contributed by atoms with Crippen LogP contribution in [0.2, 0.25) is 0 Å². The van der Waals surface area contributed by atoms with Crippen LogP contribution in [0.25, 0.3) is 6.08 Å². The van der Waals surface area contributed by atoms with E-state index in [1.807, 2.05) is 19.9 Å². The molecule has 3 heterocycles. The number of carbonyl (C=O) groups excluding carboxylic acids is 1. The van der Waals surface area contributed by atoms with Crippen LogP contribution in [0, 0.1) is 24.2 Å². The number of carbonyl (C=O) groups is 2. The number of hydrogen-bond acceptors (Lipinski definition) is 7. The maximum Gasteiger partial charge on any atom is 0.303 e. The van der Waals surface area contributed by atoms with E-state index >= 15 is 0 Å². The molecule has 0 unspecified atom stereocenters. The second kappa shape index (κ2) is 16.1. The number of amides is 1. The van der Waals surface area contributed by atoms with E-state index in [1.54, 1.807) is 9.47 Å². The molecule has 0 saturated carbocycles. The maximum absolute atomic E-state index is 13.5. The smallest absolute Gasteiger partial charge is 0.303 e. The van der Waals surface area contributed by atoms with Crippen molar-refractivity contribution in [3.05, 3.63) is 31.9 Å². The van der Waals surface area contributed by atoms with E-state index in [1.165, 1.54) is 11.8 Å². The average molecular weight is 601 g/mol. The van der Waals surface area contributed by atoms with Crippen molar-refractivity contribution < 1.29 is 14.7 Å². The molecule has 224 valence electrons. The second-order valence-corrected chi connectivity index (χ2v) is 13.0. The Morgan fingerprint density at radius 2 is 1.68 bits per heavy atom. The summed E-state index contributed by atoms with van der Waals surface area (Å²) in [5.41, 5.74) is 1.27. The first-order valence-electron chi connectivity index (χ1n) is 15.1. The van der Waals surface area contributed by atoms with Crippen molar-refractivity contribution in [3.63, 3.8) is 0 Å². The van der Waals surface area contributed by atoms with Crippen molar-refractivity contribution in [2.75, 3.05) is 24.5 Å². The minimum Gasteiger partial charge on any atom is -0.481 e. The Balaban J connectivity index is 1.72. The van der Waals surface area contributed by atoms with Gasteiger partial charge in [-0.2, -0.15) is 5.26 Å². The van der Waals surface area contributed by atoms with Crippen molar-refractivity contribution >= 4 is 52.1 Å². The quantitative estimate of drug-likeness (QED) is 0.139. The third-order valence-corrected chi connectivity index (χ3v) is 9.43. The van der Waals surface area contributed by atoms with Crippen molar-refractivity contribution in [2.45, 2.75) is 104 Å². The average Bonchev–Trinajstić information content (AvgIpc) is 3.20. The summed E-state index contributed by atoms with van der Waals surface area (Å²) >= 11 is 6.90. The molecule has 2 saturated heterocycles. The standard InChI is InChI=1S/C31H44N4O4S2/c1-4-16-34-28(33-18-14-22(2)15-19-33)24(23(3)25(21-32)29(34)38)20-26-30(39)35(31(40)41-26)17-12-10-8-6-5-7-9-11-13-27(36)37/h20,22H,4-19H2,1-3H3,(H,36,37)/b26-20-. The highest BCUT2D eigenvalue weighted by Gasteiger charge is 2.33. The molecule has 0 radical (unpaired) electrons. The largest absolute Gasteiger partial charge is 0.481 e. The highest BCUT2D eigenvalue weighted by Crippen LogP contribution is 2.37. The van der Waals surface area contributed by atoms with Crippen LogP contribution in [0.4, 0.5) is 5.82 Å². The van der Waals surface area contributed by atoms with E-state index in [0.29, 0.717) is 33.8 Å². The van der Waals surface area contributed by atoms with Gasteiger partial charge in [0.2, 0.25) is 0 Å². The molecule has 1 N–H and O–H groups in total. The minimum absolute atomic E-state index is 0.109. The normalized spacial score (nSPS) is 17.1. The van der Waals surface area contributed by atoms with Gasteiger partial charge in [-0.25, -0.2) is 0 Å². The molecule has 3 rings (SSSR count). The summed E-state index contributed by atoms with van der Waals surface area (Å²) in [5.74, 6) is 0.604. The van der Waals surface area contributed by atoms with Gasteiger partial charge in [-0.1, -0.05) is 76.4 Å². The number of carboxylic acid groups (broad SMARTS) is 1. The Kier molecular flexibility index (Phi) is 12.9. The SMILES string of the molecule is CCCn1c(N2CCC(C)CC2)c(/C=C2\SC(=S)N(CCCCCCCCCCC(=O)O)C2=O)c(C)c(C#N)c1=O. The highest BCUT2D eigenvalue weighted by molar-refractivity contribution is 8.26. The van der Waals surface area contributed by atoms with Gasteiger partial charge in [0, 0.05) is 38.2 Å². The molecule has 0 aromatic carbocycles. The monoisotopic (exact) mass is 600 g/mol. The fourth-order valence-corrected chi connectivity index (χ4v) is 6.86. The molecular weight excluding hydrogens is 556 g/mol. The zero-order valence-electron chi connectivity index (χ0n) is 24.7. The lowest BCUT2D eigenvalue weighted by Crippen LogP contribution is -2.39. The van der Waals surface area contributed by atoms with Crippen molar-refractivity contribution in [1.29, 1.82) is 5.26 Å². The minimum atomic E-state index is -0.727. The molecule has 0 spiro atoms. The van der Waals surface area contributed by atoms with Crippen LogP contribution in [-0.4, -0.2) is 50.4 Å². The molecule has 2 aliphatic rings. The summed E-state index contributed by atoms with van der Waals surface area (Å²) < 4.78 is 2.29. The number of aromatic nitrogens is 1. The zero-order chi connectivity index (χ0) is 29.9. The lowest BCUT2D eigenvalue weighted by Gasteiger charge is -2.35. The van der Waals surface area contributed by atoms with Gasteiger partial charge in [-0.05, 0) is 56.6 Å². The Hall–Kier alpha value is -2.64. The summed E-state index contributed by atoms with van der Waals surface area (Å²) in [7, 11) is 0. The van der Waals surface area contributed by atoms with Crippen LogP contribution in [-0.2, 0) is 16.1 Å². The molecule has 1 amide bonds. The van der Waals surface area contributed by atoms with Crippen LogP contribution in [0.5, 0.6) is 0 Å². The number of pyridine rings is 1. The summed E-state index contributed by atoms with van der Waals surface area (Å²) in [6, 6.07) is 2.12. The van der Waals surface area contributed by atoms with Crippen molar-refractivity contribution in [3.8, 4) is 6.07 Å². The van der Waals surface area contributed by atoms with Crippen LogP contribution < -0.4 is 10.5 Å². The Morgan fingerprint density at radius 1 is 1.07 bits per heavy atom. The van der Waals surface area contributed by atoms with Crippen LogP contribution in [0.3, 0.4) is 0 Å². The predicted molar refractivity (Wildman–Crippen MR) is 170 cm³/mol. The molecule has 1 aromatic heterocycles. The van der Waals surface area contributed by atoms with Crippen molar-refractivity contribution in [2.24, 2.45) is 5.92 Å². The maximum atomic E-state index is 13.5. The molecular formula is C31H44N4O4S2. The van der Waals surface area contributed by atoms with Gasteiger partial charge in [-0.15, -0.1) is 0 Å². The molecule has 2 aliphatic heterocycles. The lowest BCUT2D eigenvalue weighted by atomic mass is 9.97. The number of unbranched alkanes of at least 4 members (excludes halogenated alkanes) is 7. The number of nitrogens with zero attached hydrogens (tertiary/aromatic N) is 4.